The monoisotopic (exact) mass is 820 g/mol. The number of alkyl halides is 8. The molecule has 0 aliphatic carbocycles. The molecule has 0 saturated heterocycles. The first-order chi connectivity index (χ1) is 10.4. The molecular weight excluding hydrogens is 807 g/mol. The van der Waals surface area contributed by atoms with E-state index in [1.165, 1.54) is 0 Å². The van der Waals surface area contributed by atoms with Gasteiger partial charge in [0.2, 0.25) is 0 Å². The summed E-state index contributed by atoms with van der Waals surface area (Å²) < 4.78 is 0. The van der Waals surface area contributed by atoms with Crippen LogP contribution in [0.25, 0.3) is 0 Å². The third kappa shape index (κ3) is 12.1. The van der Waals surface area contributed by atoms with E-state index in [2.05, 4.69) is 127 Å². The molecule has 8 heteroatoms. The number of hydrogen-bond acceptors (Lipinski definition) is 0. The van der Waals surface area contributed by atoms with Crippen LogP contribution in [0.3, 0.4) is 0 Å². The second kappa shape index (κ2) is 15.6. The molecule has 0 aliphatic heterocycles. The number of allylic oxidation sites excluding steroid dienone is 2. The van der Waals surface area contributed by atoms with Gasteiger partial charge in [-0.3, -0.25) is 0 Å². The molecule has 0 fully saturated rings. The number of halogens is 8. The highest BCUT2D eigenvalue weighted by atomic mass is 79.9. The molecule has 0 aromatic heterocycles. The lowest BCUT2D eigenvalue weighted by Crippen LogP contribution is -2.14. The molecule has 0 spiro atoms. The van der Waals surface area contributed by atoms with Gasteiger partial charge in [-0.05, 0) is 25.7 Å². The van der Waals surface area contributed by atoms with Gasteiger partial charge in [-0.25, -0.2) is 0 Å². The van der Waals surface area contributed by atoms with Crippen LogP contribution in [0.4, 0.5) is 0 Å². The lowest BCUT2D eigenvalue weighted by molar-refractivity contribution is 0.763. The molecule has 0 saturated carbocycles. The van der Waals surface area contributed by atoms with Crippen molar-refractivity contribution < 1.29 is 0 Å². The minimum absolute atomic E-state index is 0.475. The Bertz CT molecular complexity index is 262. The van der Waals surface area contributed by atoms with Crippen LogP contribution in [0, 0.1) is 0 Å². The highest BCUT2D eigenvalue weighted by Crippen LogP contribution is 2.32. The van der Waals surface area contributed by atoms with E-state index in [0.717, 1.165) is 47.0 Å². The standard InChI is InChI=1S/C14H20Br8/c15-5-11(19)1-9(2-12(20)6-16)10(3-13(21)7-17)4-14(22)8-18/h11-14H,1-8H2. The van der Waals surface area contributed by atoms with E-state index >= 15 is 0 Å². The average molecular weight is 828 g/mol. The summed E-state index contributed by atoms with van der Waals surface area (Å²) in [6, 6.07) is 0. The second-order valence-electron chi connectivity index (χ2n) is 5.03. The van der Waals surface area contributed by atoms with Gasteiger partial charge >= 0.3 is 0 Å². The fourth-order valence-electron chi connectivity index (χ4n) is 2.03. The van der Waals surface area contributed by atoms with Crippen LogP contribution in [0.2, 0.25) is 0 Å². The van der Waals surface area contributed by atoms with E-state index in [1.54, 1.807) is 11.1 Å². The van der Waals surface area contributed by atoms with E-state index in [9.17, 15) is 0 Å². The molecule has 0 aliphatic rings. The Morgan fingerprint density at radius 3 is 0.773 bits per heavy atom. The zero-order valence-corrected chi connectivity index (χ0v) is 24.7. The van der Waals surface area contributed by atoms with Gasteiger partial charge in [0.1, 0.15) is 0 Å². The van der Waals surface area contributed by atoms with Gasteiger partial charge in [0.25, 0.3) is 0 Å². The molecule has 0 N–H and O–H groups in total. The zero-order chi connectivity index (χ0) is 17.1. The first-order valence-electron chi connectivity index (χ1n) is 6.87. The van der Waals surface area contributed by atoms with Gasteiger partial charge in [-0.1, -0.05) is 139 Å². The summed E-state index contributed by atoms with van der Waals surface area (Å²) >= 11 is 29.4. The Hall–Kier alpha value is 3.58. The van der Waals surface area contributed by atoms with Crippen molar-refractivity contribution >= 4 is 127 Å². The summed E-state index contributed by atoms with van der Waals surface area (Å²) in [7, 11) is 0. The first kappa shape index (κ1) is 25.6. The normalized spacial score (nSPS) is 16.9. The maximum Gasteiger partial charge on any atom is 0.0279 e. The minimum atomic E-state index is 0.475. The van der Waals surface area contributed by atoms with Crippen molar-refractivity contribution in [2.45, 2.75) is 45.0 Å². The van der Waals surface area contributed by atoms with Crippen molar-refractivity contribution in [3.63, 3.8) is 0 Å². The Kier molecular flexibility index (Phi) is 18.2. The zero-order valence-electron chi connectivity index (χ0n) is 12.0. The molecule has 22 heavy (non-hydrogen) atoms. The van der Waals surface area contributed by atoms with E-state index in [1.807, 2.05) is 0 Å². The second-order valence-corrected chi connectivity index (χ2v) is 12.8. The highest BCUT2D eigenvalue weighted by molar-refractivity contribution is 9.13. The third-order valence-corrected chi connectivity index (χ3v) is 12.2. The van der Waals surface area contributed by atoms with E-state index in [-0.39, 0.29) is 0 Å². The number of rotatable bonds is 12. The third-order valence-electron chi connectivity index (χ3n) is 3.04. The van der Waals surface area contributed by atoms with Crippen LogP contribution in [-0.2, 0) is 0 Å². The molecule has 0 radical (unpaired) electrons. The predicted molar refractivity (Wildman–Crippen MR) is 132 cm³/mol. The van der Waals surface area contributed by atoms with Crippen molar-refractivity contribution in [2.75, 3.05) is 21.3 Å². The van der Waals surface area contributed by atoms with Gasteiger partial charge in [-0.2, -0.15) is 0 Å². The molecule has 132 valence electrons. The lowest BCUT2D eigenvalue weighted by atomic mass is 9.93. The fourth-order valence-corrected chi connectivity index (χ4v) is 4.51. The molecule has 0 aromatic carbocycles. The van der Waals surface area contributed by atoms with Gasteiger partial charge in [0.05, 0.1) is 0 Å². The van der Waals surface area contributed by atoms with Gasteiger partial charge in [0, 0.05) is 40.6 Å². The molecule has 4 atom stereocenters. The topological polar surface area (TPSA) is 0 Å². The number of hydrogen-bond donors (Lipinski definition) is 0. The SMILES string of the molecule is BrCC(Br)CC(CC(Br)CBr)=C(CC(Br)CBr)CC(Br)CBr. The van der Waals surface area contributed by atoms with Crippen LogP contribution in [0.15, 0.2) is 11.1 Å². The molecule has 0 bridgehead atoms. The van der Waals surface area contributed by atoms with Crippen molar-refractivity contribution in [1.82, 2.24) is 0 Å². The van der Waals surface area contributed by atoms with Crippen molar-refractivity contribution in [3.05, 3.63) is 11.1 Å². The molecule has 0 rings (SSSR count). The predicted octanol–water partition coefficient (Wildman–Crippen LogP) is 8.48. The summed E-state index contributed by atoms with van der Waals surface area (Å²) in [5.74, 6) is 0. The molecular formula is C14H20Br8. The highest BCUT2D eigenvalue weighted by Gasteiger charge is 2.19. The average Bonchev–Trinajstić information content (AvgIpc) is 2.52. The summed E-state index contributed by atoms with van der Waals surface area (Å²) in [6.45, 7) is 0. The van der Waals surface area contributed by atoms with Gasteiger partial charge in [-0.15, -0.1) is 0 Å². The summed E-state index contributed by atoms with van der Waals surface area (Å²) in [4.78, 5) is 1.90. The minimum Gasteiger partial charge on any atom is -0.0916 e. The van der Waals surface area contributed by atoms with E-state index in [0.29, 0.717) is 19.3 Å². The van der Waals surface area contributed by atoms with Crippen LogP contribution in [0.1, 0.15) is 25.7 Å². The van der Waals surface area contributed by atoms with E-state index in [4.69, 9.17) is 0 Å². The molecule has 0 heterocycles. The van der Waals surface area contributed by atoms with Gasteiger partial charge in [0.15, 0.2) is 0 Å². The van der Waals surface area contributed by atoms with Crippen LogP contribution in [0.5, 0.6) is 0 Å². The molecule has 0 amide bonds. The Balaban J connectivity index is 5.37. The maximum absolute atomic E-state index is 3.77. The van der Waals surface area contributed by atoms with Crippen LogP contribution >= 0.6 is 127 Å². The smallest absolute Gasteiger partial charge is 0.0279 e. The summed E-state index contributed by atoms with van der Waals surface area (Å²) in [5, 5.41) is 3.88. The maximum atomic E-state index is 3.77. The van der Waals surface area contributed by atoms with Crippen molar-refractivity contribution in [2.24, 2.45) is 0 Å². The molecule has 0 aromatic rings. The Morgan fingerprint density at radius 2 is 0.636 bits per heavy atom. The van der Waals surface area contributed by atoms with Crippen molar-refractivity contribution in [1.29, 1.82) is 0 Å². The first-order valence-corrected chi connectivity index (χ1v) is 15.0. The van der Waals surface area contributed by atoms with Crippen LogP contribution in [-0.4, -0.2) is 40.6 Å². The Morgan fingerprint density at radius 1 is 0.455 bits per heavy atom. The summed E-state index contributed by atoms with van der Waals surface area (Å²) in [6.07, 6.45) is 4.33. The quantitative estimate of drug-likeness (QED) is 0.137. The fraction of sp³-hybridized carbons (Fsp3) is 0.857. The van der Waals surface area contributed by atoms with Crippen LogP contribution < -0.4 is 0 Å². The largest absolute Gasteiger partial charge is 0.0916 e. The van der Waals surface area contributed by atoms with E-state index < -0.39 is 0 Å². The Labute approximate surface area is 202 Å². The van der Waals surface area contributed by atoms with Crippen molar-refractivity contribution in [3.8, 4) is 0 Å². The molecule has 4 unspecified atom stereocenters. The molecule has 0 nitrogen and oxygen atoms in total. The lowest BCUT2D eigenvalue weighted by Gasteiger charge is -2.22. The summed E-state index contributed by atoms with van der Waals surface area (Å²) in [5.41, 5.74) is 3.14. The van der Waals surface area contributed by atoms with Gasteiger partial charge < -0.3 is 0 Å².